The van der Waals surface area contributed by atoms with E-state index in [9.17, 15) is 9.59 Å². The Morgan fingerprint density at radius 1 is 1.12 bits per heavy atom. The molecule has 142 valence electrons. The van der Waals surface area contributed by atoms with Gasteiger partial charge in [0.1, 0.15) is 0 Å². The van der Waals surface area contributed by atoms with E-state index in [-0.39, 0.29) is 28.6 Å². The molecular formula is C22H32N2O2. The highest BCUT2D eigenvalue weighted by Gasteiger charge is 2.39. The summed E-state index contributed by atoms with van der Waals surface area (Å²) in [6.07, 6.45) is 5.07. The third-order valence-corrected chi connectivity index (χ3v) is 6.09. The second kappa shape index (κ2) is 7.42. The fraction of sp³-hybridized carbons (Fsp3) is 0.636. The molecule has 1 aliphatic carbocycles. The molecule has 4 heteroatoms. The molecule has 2 fully saturated rings. The number of benzene rings is 1. The highest BCUT2D eigenvalue weighted by Crippen LogP contribution is 2.43. The van der Waals surface area contributed by atoms with Gasteiger partial charge in [-0.3, -0.25) is 9.59 Å². The van der Waals surface area contributed by atoms with Crippen molar-refractivity contribution in [1.29, 1.82) is 0 Å². The Balaban J connectivity index is 1.51. The van der Waals surface area contributed by atoms with Gasteiger partial charge in [-0.15, -0.1) is 0 Å². The van der Waals surface area contributed by atoms with Gasteiger partial charge in [-0.25, -0.2) is 0 Å². The fourth-order valence-electron chi connectivity index (χ4n) is 4.18. The molecule has 0 unspecified atom stereocenters. The number of carbonyl (C=O) groups is 2. The molecule has 0 spiro atoms. The quantitative estimate of drug-likeness (QED) is 0.897. The zero-order chi connectivity index (χ0) is 18.8. The Kier molecular flexibility index (Phi) is 5.40. The zero-order valence-electron chi connectivity index (χ0n) is 16.4. The minimum Gasteiger partial charge on any atom is -0.355 e. The maximum atomic E-state index is 12.7. The Hall–Kier alpha value is -1.84. The fourth-order valence-corrected chi connectivity index (χ4v) is 4.18. The smallest absolute Gasteiger partial charge is 0.227 e. The molecular weight excluding hydrogens is 324 g/mol. The predicted octanol–water partition coefficient (Wildman–Crippen LogP) is 3.51. The monoisotopic (exact) mass is 356 g/mol. The average Bonchev–Trinajstić information content (AvgIpc) is 2.60. The summed E-state index contributed by atoms with van der Waals surface area (Å²) in [4.78, 5) is 27.0. The molecule has 1 saturated heterocycles. The van der Waals surface area contributed by atoms with Crippen LogP contribution in [0.25, 0.3) is 0 Å². The molecule has 3 rings (SSSR count). The van der Waals surface area contributed by atoms with E-state index in [0.717, 1.165) is 32.2 Å². The Morgan fingerprint density at radius 3 is 2.23 bits per heavy atom. The van der Waals surface area contributed by atoms with Crippen molar-refractivity contribution >= 4 is 11.8 Å². The van der Waals surface area contributed by atoms with Crippen LogP contribution in [-0.4, -0.2) is 36.3 Å². The summed E-state index contributed by atoms with van der Waals surface area (Å²) in [5, 5.41) is 3.23. The van der Waals surface area contributed by atoms with Crippen molar-refractivity contribution in [2.45, 2.75) is 58.3 Å². The van der Waals surface area contributed by atoms with Crippen LogP contribution in [0.5, 0.6) is 0 Å². The van der Waals surface area contributed by atoms with E-state index < -0.39 is 0 Å². The van der Waals surface area contributed by atoms with Gasteiger partial charge in [0, 0.05) is 36.4 Å². The number of piperidine rings is 1. The molecule has 26 heavy (non-hydrogen) atoms. The second-order valence-electron chi connectivity index (χ2n) is 9.03. The second-order valence-corrected chi connectivity index (χ2v) is 9.03. The van der Waals surface area contributed by atoms with Crippen molar-refractivity contribution < 1.29 is 9.59 Å². The molecule has 4 nitrogen and oxygen atoms in total. The van der Waals surface area contributed by atoms with E-state index in [4.69, 9.17) is 0 Å². The average molecular weight is 357 g/mol. The molecule has 1 aromatic rings. The van der Waals surface area contributed by atoms with Gasteiger partial charge in [-0.2, -0.15) is 0 Å². The van der Waals surface area contributed by atoms with Crippen LogP contribution in [0.1, 0.15) is 58.4 Å². The highest BCUT2D eigenvalue weighted by molar-refractivity contribution is 5.82. The lowest BCUT2D eigenvalue weighted by molar-refractivity contribution is -0.142. The summed E-state index contributed by atoms with van der Waals surface area (Å²) in [7, 11) is 0. The lowest BCUT2D eigenvalue weighted by atomic mass is 9.64. The Morgan fingerprint density at radius 2 is 1.73 bits per heavy atom. The molecule has 1 heterocycles. The molecule has 0 bridgehead atoms. The lowest BCUT2D eigenvalue weighted by Crippen LogP contribution is -2.49. The normalized spacial score (nSPS) is 20.3. The Bertz CT molecular complexity index is 636. The Labute approximate surface area is 157 Å². The summed E-state index contributed by atoms with van der Waals surface area (Å²) < 4.78 is 0. The van der Waals surface area contributed by atoms with Crippen molar-refractivity contribution in [1.82, 2.24) is 10.2 Å². The van der Waals surface area contributed by atoms with Crippen molar-refractivity contribution in [3.8, 4) is 0 Å². The minimum absolute atomic E-state index is 0.0342. The van der Waals surface area contributed by atoms with Gasteiger partial charge in [0.05, 0.1) is 0 Å². The lowest BCUT2D eigenvalue weighted by Gasteiger charge is -2.43. The number of hydrogen-bond acceptors (Lipinski definition) is 2. The number of nitrogens with one attached hydrogen (secondary N) is 1. The van der Waals surface area contributed by atoms with E-state index in [1.165, 1.54) is 12.0 Å². The first-order valence-electron chi connectivity index (χ1n) is 9.94. The molecule has 2 amide bonds. The van der Waals surface area contributed by atoms with Crippen LogP contribution in [-0.2, 0) is 15.0 Å². The maximum absolute atomic E-state index is 12.7. The third-order valence-electron chi connectivity index (χ3n) is 6.09. The van der Waals surface area contributed by atoms with E-state index in [0.29, 0.717) is 13.1 Å². The summed E-state index contributed by atoms with van der Waals surface area (Å²) in [6, 6.07) is 10.6. The summed E-state index contributed by atoms with van der Waals surface area (Å²) in [5.74, 6) is 0.385. The van der Waals surface area contributed by atoms with Gasteiger partial charge in [0.15, 0.2) is 0 Å². The highest BCUT2D eigenvalue weighted by atomic mass is 16.2. The molecule has 1 saturated carbocycles. The van der Waals surface area contributed by atoms with E-state index in [1.807, 2.05) is 31.7 Å². The summed E-state index contributed by atoms with van der Waals surface area (Å²) in [6.45, 7) is 7.98. The van der Waals surface area contributed by atoms with Gasteiger partial charge in [-0.1, -0.05) is 57.5 Å². The first kappa shape index (κ1) is 18.9. The molecule has 1 N–H and O–H groups in total. The van der Waals surface area contributed by atoms with Crippen LogP contribution in [0.15, 0.2) is 30.3 Å². The van der Waals surface area contributed by atoms with Gasteiger partial charge in [0.2, 0.25) is 11.8 Å². The zero-order valence-corrected chi connectivity index (χ0v) is 16.4. The maximum Gasteiger partial charge on any atom is 0.227 e. The topological polar surface area (TPSA) is 49.4 Å². The molecule has 1 aromatic carbocycles. The van der Waals surface area contributed by atoms with Crippen LogP contribution >= 0.6 is 0 Å². The first-order valence-corrected chi connectivity index (χ1v) is 9.94. The van der Waals surface area contributed by atoms with Gasteiger partial charge in [-0.05, 0) is 31.2 Å². The number of rotatable bonds is 4. The van der Waals surface area contributed by atoms with Crippen LogP contribution in [0, 0.1) is 11.3 Å². The van der Waals surface area contributed by atoms with Gasteiger partial charge < -0.3 is 10.2 Å². The summed E-state index contributed by atoms with van der Waals surface area (Å²) in [5.41, 5.74) is 1.12. The molecule has 0 atom stereocenters. The van der Waals surface area contributed by atoms with Crippen LogP contribution in [0.4, 0.5) is 0 Å². The van der Waals surface area contributed by atoms with Gasteiger partial charge in [0.25, 0.3) is 0 Å². The van der Waals surface area contributed by atoms with Crippen molar-refractivity contribution in [2.24, 2.45) is 11.3 Å². The number of likely N-dealkylation sites (tertiary alicyclic amines) is 1. The van der Waals surface area contributed by atoms with E-state index in [1.54, 1.807) is 0 Å². The van der Waals surface area contributed by atoms with E-state index in [2.05, 4.69) is 29.6 Å². The van der Waals surface area contributed by atoms with Crippen molar-refractivity contribution in [3.05, 3.63) is 35.9 Å². The summed E-state index contributed by atoms with van der Waals surface area (Å²) >= 11 is 0. The predicted molar refractivity (Wildman–Crippen MR) is 104 cm³/mol. The molecule has 1 aliphatic heterocycles. The van der Waals surface area contributed by atoms with Crippen LogP contribution in [0.3, 0.4) is 0 Å². The minimum atomic E-state index is -0.346. The van der Waals surface area contributed by atoms with Crippen molar-refractivity contribution in [2.75, 3.05) is 19.6 Å². The SMILES string of the molecule is CC(C)(C)C(=O)N1CCC(C(=O)NCC2(c3ccccc3)CCC2)CC1. The number of carbonyl (C=O) groups excluding carboxylic acids is 2. The standard InChI is InChI=1S/C22H32N2O2/c1-21(2,3)20(26)24-14-10-17(11-15-24)19(25)23-16-22(12-7-13-22)18-8-5-4-6-9-18/h4-6,8-9,17H,7,10-16H2,1-3H3,(H,23,25). The molecule has 0 aromatic heterocycles. The number of nitrogens with zero attached hydrogens (tertiary/aromatic N) is 1. The molecule has 0 radical (unpaired) electrons. The first-order chi connectivity index (χ1) is 12.3. The van der Waals surface area contributed by atoms with Crippen LogP contribution < -0.4 is 5.32 Å². The third kappa shape index (κ3) is 3.94. The van der Waals surface area contributed by atoms with E-state index >= 15 is 0 Å². The number of hydrogen-bond donors (Lipinski definition) is 1. The largest absolute Gasteiger partial charge is 0.355 e. The molecule has 2 aliphatic rings. The van der Waals surface area contributed by atoms with Gasteiger partial charge >= 0.3 is 0 Å². The van der Waals surface area contributed by atoms with Crippen LogP contribution in [0.2, 0.25) is 0 Å². The van der Waals surface area contributed by atoms with Crippen molar-refractivity contribution in [3.63, 3.8) is 0 Å². The number of amides is 2.